The molecule has 0 unspecified atom stereocenters. The van der Waals surface area contributed by atoms with E-state index < -0.39 is 5.54 Å². The van der Waals surface area contributed by atoms with Crippen molar-refractivity contribution in [1.82, 2.24) is 15.0 Å². The number of nitrogens with zero attached hydrogens (tertiary/aromatic N) is 3. The zero-order valence-corrected chi connectivity index (χ0v) is 11.8. The van der Waals surface area contributed by atoms with E-state index in [0.29, 0.717) is 18.2 Å². The predicted molar refractivity (Wildman–Crippen MR) is 74.2 cm³/mol. The molecule has 0 amide bonds. The average molecular weight is 281 g/mol. The van der Waals surface area contributed by atoms with Gasteiger partial charge in [-0.05, 0) is 38.1 Å². The van der Waals surface area contributed by atoms with Gasteiger partial charge in [0.15, 0.2) is 0 Å². The number of hydrogen-bond donors (Lipinski definition) is 1. The van der Waals surface area contributed by atoms with Crippen molar-refractivity contribution in [2.45, 2.75) is 25.9 Å². The van der Waals surface area contributed by atoms with Crippen LogP contribution in [0.2, 0.25) is 5.02 Å². The molecule has 1 aromatic carbocycles. The second-order valence-corrected chi connectivity index (χ2v) is 5.33. The van der Waals surface area contributed by atoms with Crippen LogP contribution in [0.1, 0.15) is 19.5 Å². The highest BCUT2D eigenvalue weighted by Crippen LogP contribution is 2.15. The fraction of sp³-hybridized carbons (Fsp3) is 0.385. The molecule has 0 aliphatic carbocycles. The Hall–Kier alpha value is -1.59. The Labute approximate surface area is 117 Å². The van der Waals surface area contributed by atoms with Crippen LogP contribution in [0.3, 0.4) is 0 Å². The van der Waals surface area contributed by atoms with Gasteiger partial charge in [-0.15, -0.1) is 5.10 Å². The molecular weight excluding hydrogens is 264 g/mol. The molecule has 102 valence electrons. The zero-order chi connectivity index (χ0) is 13.9. The van der Waals surface area contributed by atoms with E-state index in [2.05, 4.69) is 10.3 Å². The first-order chi connectivity index (χ1) is 8.95. The Morgan fingerprint density at radius 3 is 2.58 bits per heavy atom. The lowest BCUT2D eigenvalue weighted by Gasteiger charge is -2.13. The van der Waals surface area contributed by atoms with Crippen molar-refractivity contribution in [3.05, 3.63) is 41.2 Å². The highest BCUT2D eigenvalue weighted by molar-refractivity contribution is 6.30. The van der Waals surface area contributed by atoms with E-state index in [4.69, 9.17) is 22.1 Å². The molecular formula is C13H17ClN4O. The smallest absolute Gasteiger partial charge is 0.119 e. The topological polar surface area (TPSA) is 66.0 Å². The molecule has 0 fully saturated rings. The maximum absolute atomic E-state index is 5.94. The molecule has 0 aliphatic rings. The van der Waals surface area contributed by atoms with Crippen LogP contribution in [0, 0.1) is 0 Å². The van der Waals surface area contributed by atoms with Crippen LogP contribution < -0.4 is 10.5 Å². The highest BCUT2D eigenvalue weighted by atomic mass is 35.5. The van der Waals surface area contributed by atoms with Crippen LogP contribution >= 0.6 is 11.6 Å². The van der Waals surface area contributed by atoms with Crippen LogP contribution in [-0.2, 0) is 12.1 Å². The maximum Gasteiger partial charge on any atom is 0.119 e. The standard InChI is InChI=1S/C13H17ClN4O/c1-13(2,15)12-9-18(17-16-12)7-8-19-11-5-3-10(14)4-6-11/h3-6,9H,7-8,15H2,1-2H3. The summed E-state index contributed by atoms with van der Waals surface area (Å²) in [6, 6.07) is 7.25. The van der Waals surface area contributed by atoms with Gasteiger partial charge in [0.25, 0.3) is 0 Å². The first-order valence-corrected chi connectivity index (χ1v) is 6.41. The van der Waals surface area contributed by atoms with Crippen LogP contribution in [0.25, 0.3) is 0 Å². The SMILES string of the molecule is CC(C)(N)c1cn(CCOc2ccc(Cl)cc2)nn1. The lowest BCUT2D eigenvalue weighted by Crippen LogP contribution is -2.29. The summed E-state index contributed by atoms with van der Waals surface area (Å²) in [5, 5.41) is 8.75. The van der Waals surface area contributed by atoms with Crippen LogP contribution in [-0.4, -0.2) is 21.6 Å². The van der Waals surface area contributed by atoms with Gasteiger partial charge in [0, 0.05) is 5.02 Å². The minimum absolute atomic E-state index is 0.477. The van der Waals surface area contributed by atoms with Gasteiger partial charge in [0.1, 0.15) is 18.1 Å². The number of hydrogen-bond acceptors (Lipinski definition) is 4. The molecule has 6 heteroatoms. The number of nitrogens with two attached hydrogens (primary N) is 1. The number of benzene rings is 1. The van der Waals surface area contributed by atoms with Gasteiger partial charge in [-0.1, -0.05) is 16.8 Å². The molecule has 0 saturated carbocycles. The quantitative estimate of drug-likeness (QED) is 0.912. The van der Waals surface area contributed by atoms with E-state index in [-0.39, 0.29) is 0 Å². The van der Waals surface area contributed by atoms with Crippen molar-refractivity contribution in [2.75, 3.05) is 6.61 Å². The normalized spacial score (nSPS) is 11.6. The molecule has 0 radical (unpaired) electrons. The average Bonchev–Trinajstić information content (AvgIpc) is 2.80. The molecule has 0 aliphatic heterocycles. The highest BCUT2D eigenvalue weighted by Gasteiger charge is 2.18. The number of rotatable bonds is 5. The summed E-state index contributed by atoms with van der Waals surface area (Å²) >= 11 is 5.80. The van der Waals surface area contributed by atoms with Gasteiger partial charge in [-0.2, -0.15) is 0 Å². The van der Waals surface area contributed by atoms with Crippen LogP contribution in [0.5, 0.6) is 5.75 Å². The third-order valence-corrected chi connectivity index (χ3v) is 2.85. The largest absolute Gasteiger partial charge is 0.492 e. The van der Waals surface area contributed by atoms with Crippen LogP contribution in [0.4, 0.5) is 0 Å². The molecule has 19 heavy (non-hydrogen) atoms. The Morgan fingerprint density at radius 1 is 1.32 bits per heavy atom. The minimum atomic E-state index is -0.477. The zero-order valence-electron chi connectivity index (χ0n) is 11.0. The summed E-state index contributed by atoms with van der Waals surface area (Å²) in [6.07, 6.45) is 1.84. The van der Waals surface area contributed by atoms with Gasteiger partial charge in [0.2, 0.25) is 0 Å². The first-order valence-electron chi connectivity index (χ1n) is 6.03. The van der Waals surface area contributed by atoms with E-state index >= 15 is 0 Å². The van der Waals surface area contributed by atoms with Gasteiger partial charge < -0.3 is 10.5 Å². The second-order valence-electron chi connectivity index (χ2n) is 4.89. The van der Waals surface area contributed by atoms with E-state index in [1.54, 1.807) is 16.8 Å². The second kappa shape index (κ2) is 5.59. The molecule has 1 heterocycles. The fourth-order valence-electron chi connectivity index (χ4n) is 1.49. The maximum atomic E-state index is 5.94. The van der Waals surface area contributed by atoms with Crippen molar-refractivity contribution in [1.29, 1.82) is 0 Å². The van der Waals surface area contributed by atoms with Crippen LogP contribution in [0.15, 0.2) is 30.5 Å². The van der Waals surface area contributed by atoms with E-state index in [1.807, 2.05) is 32.2 Å². The van der Waals surface area contributed by atoms with Crippen molar-refractivity contribution < 1.29 is 4.74 Å². The molecule has 0 atom stereocenters. The monoisotopic (exact) mass is 280 g/mol. The Kier molecular flexibility index (Phi) is 4.07. The molecule has 0 bridgehead atoms. The number of aromatic nitrogens is 3. The van der Waals surface area contributed by atoms with E-state index in [1.165, 1.54) is 0 Å². The lowest BCUT2D eigenvalue weighted by molar-refractivity contribution is 0.289. The van der Waals surface area contributed by atoms with Crippen molar-refractivity contribution in [3.63, 3.8) is 0 Å². The molecule has 0 saturated heterocycles. The molecule has 1 aromatic heterocycles. The summed E-state index contributed by atoms with van der Waals surface area (Å²) in [6.45, 7) is 4.91. The Balaban J connectivity index is 1.86. The molecule has 0 spiro atoms. The summed E-state index contributed by atoms with van der Waals surface area (Å²) < 4.78 is 7.30. The summed E-state index contributed by atoms with van der Waals surface area (Å²) in [5.41, 5.74) is 6.23. The third kappa shape index (κ3) is 3.94. The van der Waals surface area contributed by atoms with Crippen molar-refractivity contribution in [2.24, 2.45) is 5.73 Å². The van der Waals surface area contributed by atoms with Gasteiger partial charge in [0.05, 0.1) is 18.3 Å². The van der Waals surface area contributed by atoms with Gasteiger partial charge in [-0.3, -0.25) is 0 Å². The lowest BCUT2D eigenvalue weighted by atomic mass is 10.0. The molecule has 2 aromatic rings. The van der Waals surface area contributed by atoms with Gasteiger partial charge in [-0.25, -0.2) is 4.68 Å². The van der Waals surface area contributed by atoms with Gasteiger partial charge >= 0.3 is 0 Å². The summed E-state index contributed by atoms with van der Waals surface area (Å²) in [4.78, 5) is 0. The number of ether oxygens (including phenoxy) is 1. The van der Waals surface area contributed by atoms with Crippen molar-refractivity contribution >= 4 is 11.6 Å². The molecule has 2 N–H and O–H groups in total. The fourth-order valence-corrected chi connectivity index (χ4v) is 1.62. The summed E-state index contributed by atoms with van der Waals surface area (Å²) in [7, 11) is 0. The Morgan fingerprint density at radius 2 is 2.00 bits per heavy atom. The molecule has 2 rings (SSSR count). The van der Waals surface area contributed by atoms with E-state index in [0.717, 1.165) is 11.4 Å². The number of halogens is 1. The first kappa shape index (κ1) is 13.8. The van der Waals surface area contributed by atoms with E-state index in [9.17, 15) is 0 Å². The minimum Gasteiger partial charge on any atom is -0.492 e. The van der Waals surface area contributed by atoms with Crippen molar-refractivity contribution in [3.8, 4) is 5.75 Å². The summed E-state index contributed by atoms with van der Waals surface area (Å²) in [5.74, 6) is 0.781. The molecule has 5 nitrogen and oxygen atoms in total. The third-order valence-electron chi connectivity index (χ3n) is 2.60. The Bertz CT molecular complexity index is 530. The predicted octanol–water partition coefficient (Wildman–Crippen LogP) is 2.20.